The quantitative estimate of drug-likeness (QED) is 0.410. The van der Waals surface area contributed by atoms with Gasteiger partial charge in [0.25, 0.3) is 0 Å². The van der Waals surface area contributed by atoms with Crippen LogP contribution in [0.3, 0.4) is 0 Å². The molecule has 0 amide bonds. The van der Waals surface area contributed by atoms with E-state index < -0.39 is 0 Å². The Morgan fingerprint density at radius 2 is 1.83 bits per heavy atom. The standard InChI is InChI=1S/C24H34N4O/c1-20-7-6-10-22(17-20)18-28-14-11-23(12-15-28)27-24(25-2)26-13-16-29-19-21-8-4-3-5-9-21/h3-10,17,23H,11-16,18-19H2,1-2H3,(H2,25,26,27). The molecule has 0 atom stereocenters. The van der Waals surface area contributed by atoms with Gasteiger partial charge in [-0.1, -0.05) is 60.2 Å². The first-order chi connectivity index (χ1) is 14.2. The predicted molar refractivity (Wildman–Crippen MR) is 120 cm³/mol. The van der Waals surface area contributed by atoms with Gasteiger partial charge >= 0.3 is 0 Å². The number of hydrogen-bond acceptors (Lipinski definition) is 3. The highest BCUT2D eigenvalue weighted by Gasteiger charge is 2.20. The van der Waals surface area contributed by atoms with Gasteiger partial charge in [0.05, 0.1) is 13.2 Å². The Morgan fingerprint density at radius 1 is 1.07 bits per heavy atom. The van der Waals surface area contributed by atoms with Gasteiger partial charge in [-0.2, -0.15) is 0 Å². The largest absolute Gasteiger partial charge is 0.375 e. The molecule has 2 aromatic carbocycles. The predicted octanol–water partition coefficient (Wildman–Crippen LogP) is 3.34. The summed E-state index contributed by atoms with van der Waals surface area (Å²) >= 11 is 0. The number of benzene rings is 2. The Bertz CT molecular complexity index is 754. The molecule has 1 aliphatic heterocycles. The molecule has 5 nitrogen and oxygen atoms in total. The van der Waals surface area contributed by atoms with E-state index in [9.17, 15) is 0 Å². The number of guanidine groups is 1. The molecule has 0 bridgehead atoms. The maximum absolute atomic E-state index is 5.73. The molecule has 1 fully saturated rings. The zero-order chi connectivity index (χ0) is 20.3. The van der Waals surface area contributed by atoms with Crippen LogP contribution in [0, 0.1) is 6.92 Å². The topological polar surface area (TPSA) is 48.9 Å². The minimum Gasteiger partial charge on any atom is -0.375 e. The summed E-state index contributed by atoms with van der Waals surface area (Å²) in [5.74, 6) is 0.866. The van der Waals surface area contributed by atoms with Crippen LogP contribution in [0.4, 0.5) is 0 Å². The molecule has 1 heterocycles. The summed E-state index contributed by atoms with van der Waals surface area (Å²) in [5.41, 5.74) is 3.94. The number of aryl methyl sites for hydroxylation is 1. The van der Waals surface area contributed by atoms with Crippen LogP contribution in [0.1, 0.15) is 29.5 Å². The summed E-state index contributed by atoms with van der Waals surface area (Å²) in [6, 6.07) is 19.6. The second-order valence-electron chi connectivity index (χ2n) is 7.72. The van der Waals surface area contributed by atoms with E-state index in [4.69, 9.17) is 4.74 Å². The minimum absolute atomic E-state index is 0.472. The smallest absolute Gasteiger partial charge is 0.191 e. The second-order valence-corrected chi connectivity index (χ2v) is 7.72. The number of hydrogen-bond donors (Lipinski definition) is 2. The summed E-state index contributed by atoms with van der Waals surface area (Å²) < 4.78 is 5.73. The van der Waals surface area contributed by atoms with Crippen LogP contribution in [-0.4, -0.2) is 50.2 Å². The minimum atomic E-state index is 0.472. The number of piperidine rings is 1. The van der Waals surface area contributed by atoms with E-state index >= 15 is 0 Å². The van der Waals surface area contributed by atoms with Gasteiger partial charge in [-0.15, -0.1) is 0 Å². The van der Waals surface area contributed by atoms with Crippen molar-refractivity contribution in [3.63, 3.8) is 0 Å². The molecular formula is C24H34N4O. The van der Waals surface area contributed by atoms with Gasteiger partial charge in [0.2, 0.25) is 0 Å². The first-order valence-electron chi connectivity index (χ1n) is 10.6. The van der Waals surface area contributed by atoms with Crippen molar-refractivity contribution in [1.82, 2.24) is 15.5 Å². The number of nitrogens with zero attached hydrogens (tertiary/aromatic N) is 2. The Kier molecular flexibility index (Phi) is 8.53. The third kappa shape index (κ3) is 7.52. The van der Waals surface area contributed by atoms with Crippen molar-refractivity contribution in [3.05, 3.63) is 71.3 Å². The number of rotatable bonds is 8. The number of ether oxygens (including phenoxy) is 1. The summed E-state index contributed by atoms with van der Waals surface area (Å²) in [7, 11) is 1.83. The van der Waals surface area contributed by atoms with E-state index in [-0.39, 0.29) is 0 Å². The van der Waals surface area contributed by atoms with Crippen LogP contribution in [0.2, 0.25) is 0 Å². The first kappa shape index (κ1) is 21.3. The molecule has 0 aromatic heterocycles. The number of aliphatic imine (C=N–C) groups is 1. The van der Waals surface area contributed by atoms with E-state index in [1.165, 1.54) is 16.7 Å². The lowest BCUT2D eigenvalue weighted by Gasteiger charge is -2.33. The number of likely N-dealkylation sites (tertiary alicyclic amines) is 1. The third-order valence-corrected chi connectivity index (χ3v) is 5.29. The van der Waals surface area contributed by atoms with Gasteiger partial charge in [0.1, 0.15) is 0 Å². The molecule has 5 heteroatoms. The van der Waals surface area contributed by atoms with Crippen LogP contribution in [0.25, 0.3) is 0 Å². The van der Waals surface area contributed by atoms with Crippen molar-refractivity contribution in [2.45, 2.75) is 39.0 Å². The zero-order valence-electron chi connectivity index (χ0n) is 17.7. The van der Waals surface area contributed by atoms with Crippen LogP contribution < -0.4 is 10.6 Å². The van der Waals surface area contributed by atoms with Crippen molar-refractivity contribution >= 4 is 5.96 Å². The molecule has 2 aromatic rings. The molecule has 3 rings (SSSR count). The summed E-state index contributed by atoms with van der Waals surface area (Å²) in [6.45, 7) is 7.48. The molecule has 156 valence electrons. The van der Waals surface area contributed by atoms with E-state index in [1.807, 2.05) is 25.2 Å². The van der Waals surface area contributed by atoms with Crippen LogP contribution in [0.5, 0.6) is 0 Å². The lowest BCUT2D eigenvalue weighted by molar-refractivity contribution is 0.125. The lowest BCUT2D eigenvalue weighted by atomic mass is 10.0. The summed E-state index contributed by atoms with van der Waals surface area (Å²) in [4.78, 5) is 6.90. The van der Waals surface area contributed by atoms with E-state index in [1.54, 1.807) is 0 Å². The average Bonchev–Trinajstić information content (AvgIpc) is 2.75. The molecule has 1 aliphatic rings. The maximum Gasteiger partial charge on any atom is 0.191 e. The molecular weight excluding hydrogens is 360 g/mol. The van der Waals surface area contributed by atoms with Gasteiger partial charge in [-0.05, 0) is 30.9 Å². The lowest BCUT2D eigenvalue weighted by Crippen LogP contribution is -2.49. The highest BCUT2D eigenvalue weighted by molar-refractivity contribution is 5.79. The molecule has 1 saturated heterocycles. The molecule has 2 N–H and O–H groups in total. The highest BCUT2D eigenvalue weighted by atomic mass is 16.5. The van der Waals surface area contributed by atoms with E-state index in [0.717, 1.165) is 45.0 Å². The molecule has 0 saturated carbocycles. The van der Waals surface area contributed by atoms with Gasteiger partial charge in [0.15, 0.2) is 5.96 Å². The van der Waals surface area contributed by atoms with Crippen LogP contribution in [-0.2, 0) is 17.9 Å². The van der Waals surface area contributed by atoms with Crippen molar-refractivity contribution < 1.29 is 4.74 Å². The molecule has 0 unspecified atom stereocenters. The van der Waals surface area contributed by atoms with Crippen LogP contribution in [0.15, 0.2) is 59.6 Å². The fraction of sp³-hybridized carbons (Fsp3) is 0.458. The third-order valence-electron chi connectivity index (χ3n) is 5.29. The van der Waals surface area contributed by atoms with Gasteiger partial charge < -0.3 is 15.4 Å². The van der Waals surface area contributed by atoms with E-state index in [2.05, 4.69) is 63.8 Å². The number of nitrogens with one attached hydrogen (secondary N) is 2. The Balaban J connectivity index is 1.31. The molecule has 0 spiro atoms. The Morgan fingerprint density at radius 3 is 2.55 bits per heavy atom. The molecule has 0 radical (unpaired) electrons. The molecule has 29 heavy (non-hydrogen) atoms. The monoisotopic (exact) mass is 394 g/mol. The summed E-state index contributed by atoms with van der Waals surface area (Å²) in [6.07, 6.45) is 2.27. The summed E-state index contributed by atoms with van der Waals surface area (Å²) in [5, 5.41) is 6.92. The fourth-order valence-corrected chi connectivity index (χ4v) is 3.70. The van der Waals surface area contributed by atoms with Gasteiger partial charge in [-0.3, -0.25) is 9.89 Å². The van der Waals surface area contributed by atoms with Gasteiger partial charge in [0, 0.05) is 39.3 Å². The second kappa shape index (κ2) is 11.6. The van der Waals surface area contributed by atoms with E-state index in [0.29, 0.717) is 19.3 Å². The van der Waals surface area contributed by atoms with Gasteiger partial charge in [-0.25, -0.2) is 0 Å². The van der Waals surface area contributed by atoms with Crippen molar-refractivity contribution in [3.8, 4) is 0 Å². The van der Waals surface area contributed by atoms with Crippen molar-refractivity contribution in [2.24, 2.45) is 4.99 Å². The molecule has 0 aliphatic carbocycles. The zero-order valence-corrected chi connectivity index (χ0v) is 17.7. The SMILES string of the molecule is CN=C(NCCOCc1ccccc1)NC1CCN(Cc2cccc(C)c2)CC1. The Hall–Kier alpha value is -2.37. The fourth-order valence-electron chi connectivity index (χ4n) is 3.70. The van der Waals surface area contributed by atoms with Crippen LogP contribution >= 0.6 is 0 Å². The normalized spacial score (nSPS) is 16.0. The van der Waals surface area contributed by atoms with Crippen molar-refractivity contribution in [2.75, 3.05) is 33.3 Å². The maximum atomic E-state index is 5.73. The average molecular weight is 395 g/mol. The first-order valence-corrected chi connectivity index (χ1v) is 10.6. The Labute approximate surface area is 175 Å². The highest BCUT2D eigenvalue weighted by Crippen LogP contribution is 2.14. The van der Waals surface area contributed by atoms with Crippen molar-refractivity contribution in [1.29, 1.82) is 0 Å².